The van der Waals surface area contributed by atoms with Crippen LogP contribution in [0.2, 0.25) is 0 Å². The van der Waals surface area contributed by atoms with Gasteiger partial charge in [-0.25, -0.2) is 4.98 Å². The Morgan fingerprint density at radius 1 is 1.67 bits per heavy atom. The molecule has 1 unspecified atom stereocenters. The molecule has 1 aromatic rings. The molecule has 0 aliphatic heterocycles. The van der Waals surface area contributed by atoms with Gasteiger partial charge in [0.2, 0.25) is 0 Å². The van der Waals surface area contributed by atoms with Crippen LogP contribution in [-0.2, 0) is 0 Å². The molecule has 1 aromatic heterocycles. The van der Waals surface area contributed by atoms with Crippen LogP contribution in [-0.4, -0.2) is 22.7 Å². The maximum absolute atomic E-state index is 9.01. The van der Waals surface area contributed by atoms with Crippen molar-refractivity contribution in [2.24, 2.45) is 5.92 Å². The molecule has 0 aliphatic rings. The zero-order chi connectivity index (χ0) is 8.97. The summed E-state index contributed by atoms with van der Waals surface area (Å²) >= 11 is 1.55. The van der Waals surface area contributed by atoms with Gasteiger partial charge in [-0.2, -0.15) is 0 Å². The number of nitrogens with zero attached hydrogens (tertiary/aromatic N) is 1. The molecule has 0 saturated carbocycles. The summed E-state index contributed by atoms with van der Waals surface area (Å²) < 4.78 is 0. The van der Waals surface area contributed by atoms with Crippen molar-refractivity contribution >= 4 is 16.5 Å². The van der Waals surface area contributed by atoms with Gasteiger partial charge in [-0.15, -0.1) is 11.3 Å². The molecule has 68 valence electrons. The second-order valence-electron chi connectivity index (χ2n) is 3.01. The van der Waals surface area contributed by atoms with Crippen LogP contribution in [0.4, 0.5) is 5.13 Å². The molecule has 1 rings (SSSR count). The maximum Gasteiger partial charge on any atom is 0.182 e. The second kappa shape index (κ2) is 4.42. The van der Waals surface area contributed by atoms with Crippen molar-refractivity contribution in [3.8, 4) is 0 Å². The molecule has 4 heteroatoms. The van der Waals surface area contributed by atoms with E-state index in [4.69, 9.17) is 5.11 Å². The van der Waals surface area contributed by atoms with Crippen LogP contribution < -0.4 is 5.32 Å². The number of aliphatic hydroxyl groups is 1. The third-order valence-corrected chi connectivity index (χ3v) is 2.45. The number of anilines is 1. The summed E-state index contributed by atoms with van der Waals surface area (Å²) in [6.07, 6.45) is 1.75. The minimum Gasteiger partial charge on any atom is -0.394 e. The number of hydrogen-bond acceptors (Lipinski definition) is 4. The summed E-state index contributed by atoms with van der Waals surface area (Å²) in [7, 11) is 0. The average Bonchev–Trinajstić information content (AvgIpc) is 2.51. The highest BCUT2D eigenvalue weighted by atomic mass is 32.1. The van der Waals surface area contributed by atoms with Crippen molar-refractivity contribution in [2.75, 3.05) is 11.9 Å². The Labute approximate surface area is 76.5 Å². The van der Waals surface area contributed by atoms with E-state index < -0.39 is 0 Å². The molecule has 2 N–H and O–H groups in total. The van der Waals surface area contributed by atoms with Crippen molar-refractivity contribution in [1.29, 1.82) is 0 Å². The first-order chi connectivity index (χ1) is 5.74. The van der Waals surface area contributed by atoms with Gasteiger partial charge in [0, 0.05) is 11.6 Å². The highest BCUT2D eigenvalue weighted by Crippen LogP contribution is 2.14. The monoisotopic (exact) mass is 186 g/mol. The van der Waals surface area contributed by atoms with Gasteiger partial charge < -0.3 is 10.4 Å². The predicted octanol–water partition coefficient (Wildman–Crippen LogP) is 1.57. The highest BCUT2D eigenvalue weighted by Gasteiger charge is 2.11. The molecular formula is C8H14N2OS. The summed E-state index contributed by atoms with van der Waals surface area (Å²) in [5.74, 6) is 0.416. The number of nitrogens with one attached hydrogen (secondary N) is 1. The number of aromatic nitrogens is 1. The van der Waals surface area contributed by atoms with E-state index in [-0.39, 0.29) is 12.6 Å². The number of thiazole rings is 1. The minimum absolute atomic E-state index is 0.108. The van der Waals surface area contributed by atoms with E-state index in [0.29, 0.717) is 5.92 Å². The standard InChI is InChI=1S/C8H14N2OS/c1-6(2)7(5-11)10-8-9-3-4-12-8/h3-4,6-7,11H,5H2,1-2H3,(H,9,10). The zero-order valence-corrected chi connectivity index (χ0v) is 8.14. The molecule has 0 saturated heterocycles. The van der Waals surface area contributed by atoms with Gasteiger partial charge in [0.05, 0.1) is 12.6 Å². The first kappa shape index (κ1) is 9.48. The molecular weight excluding hydrogens is 172 g/mol. The van der Waals surface area contributed by atoms with E-state index in [1.165, 1.54) is 0 Å². The van der Waals surface area contributed by atoms with Gasteiger partial charge in [-0.1, -0.05) is 13.8 Å². The largest absolute Gasteiger partial charge is 0.394 e. The van der Waals surface area contributed by atoms with Crippen LogP contribution >= 0.6 is 11.3 Å². The van der Waals surface area contributed by atoms with Crippen molar-refractivity contribution in [1.82, 2.24) is 4.98 Å². The quantitative estimate of drug-likeness (QED) is 0.750. The maximum atomic E-state index is 9.01. The molecule has 3 nitrogen and oxygen atoms in total. The van der Waals surface area contributed by atoms with Crippen molar-refractivity contribution < 1.29 is 5.11 Å². The lowest BCUT2D eigenvalue weighted by molar-refractivity contribution is 0.249. The SMILES string of the molecule is CC(C)C(CO)Nc1nccs1. The van der Waals surface area contributed by atoms with Gasteiger partial charge in [0.25, 0.3) is 0 Å². The fraction of sp³-hybridized carbons (Fsp3) is 0.625. The fourth-order valence-electron chi connectivity index (χ4n) is 0.876. The first-order valence-electron chi connectivity index (χ1n) is 4.01. The van der Waals surface area contributed by atoms with Crippen LogP contribution in [0.3, 0.4) is 0 Å². The van der Waals surface area contributed by atoms with E-state index in [0.717, 1.165) is 5.13 Å². The number of rotatable bonds is 4. The molecule has 1 heterocycles. The van der Waals surface area contributed by atoms with Gasteiger partial charge >= 0.3 is 0 Å². The molecule has 0 aliphatic carbocycles. The topological polar surface area (TPSA) is 45.1 Å². The Morgan fingerprint density at radius 3 is 2.83 bits per heavy atom. The van der Waals surface area contributed by atoms with E-state index in [1.54, 1.807) is 17.5 Å². The molecule has 0 bridgehead atoms. The fourth-order valence-corrected chi connectivity index (χ4v) is 1.47. The Balaban J connectivity index is 2.48. The summed E-state index contributed by atoms with van der Waals surface area (Å²) in [5, 5.41) is 15.0. The molecule has 0 aromatic carbocycles. The van der Waals surface area contributed by atoms with Crippen LogP contribution in [0.5, 0.6) is 0 Å². The average molecular weight is 186 g/mol. The summed E-state index contributed by atoms with van der Waals surface area (Å²) in [6, 6.07) is 0.108. The Bertz CT molecular complexity index is 211. The molecule has 0 radical (unpaired) electrons. The Hall–Kier alpha value is -0.610. The van der Waals surface area contributed by atoms with Crippen molar-refractivity contribution in [3.05, 3.63) is 11.6 Å². The molecule has 0 fully saturated rings. The third kappa shape index (κ3) is 2.46. The smallest absolute Gasteiger partial charge is 0.182 e. The van der Waals surface area contributed by atoms with Gasteiger partial charge in [0.15, 0.2) is 5.13 Å². The normalized spacial score (nSPS) is 13.3. The van der Waals surface area contributed by atoms with Gasteiger partial charge in [-0.3, -0.25) is 0 Å². The number of hydrogen-bond donors (Lipinski definition) is 2. The molecule has 0 spiro atoms. The molecule has 1 atom stereocenters. The van der Waals surface area contributed by atoms with E-state index in [9.17, 15) is 0 Å². The Kier molecular flexibility index (Phi) is 3.49. The minimum atomic E-state index is 0.108. The first-order valence-corrected chi connectivity index (χ1v) is 4.89. The van der Waals surface area contributed by atoms with Gasteiger partial charge in [-0.05, 0) is 5.92 Å². The highest BCUT2D eigenvalue weighted by molar-refractivity contribution is 7.13. The lowest BCUT2D eigenvalue weighted by Gasteiger charge is -2.18. The van der Waals surface area contributed by atoms with E-state index in [1.807, 2.05) is 5.38 Å². The lowest BCUT2D eigenvalue weighted by atomic mass is 10.1. The van der Waals surface area contributed by atoms with Crippen LogP contribution in [0.15, 0.2) is 11.6 Å². The molecule has 12 heavy (non-hydrogen) atoms. The summed E-state index contributed by atoms with van der Waals surface area (Å²) in [4.78, 5) is 4.08. The van der Waals surface area contributed by atoms with E-state index >= 15 is 0 Å². The van der Waals surface area contributed by atoms with Crippen molar-refractivity contribution in [2.45, 2.75) is 19.9 Å². The third-order valence-electron chi connectivity index (χ3n) is 1.74. The predicted molar refractivity (Wildman–Crippen MR) is 51.4 cm³/mol. The van der Waals surface area contributed by atoms with Crippen LogP contribution in [0, 0.1) is 5.92 Å². The van der Waals surface area contributed by atoms with Crippen LogP contribution in [0.25, 0.3) is 0 Å². The number of aliphatic hydroxyl groups excluding tert-OH is 1. The second-order valence-corrected chi connectivity index (χ2v) is 3.91. The van der Waals surface area contributed by atoms with Crippen molar-refractivity contribution in [3.63, 3.8) is 0 Å². The molecule has 0 amide bonds. The van der Waals surface area contributed by atoms with Gasteiger partial charge in [0.1, 0.15) is 0 Å². The summed E-state index contributed by atoms with van der Waals surface area (Å²) in [6.45, 7) is 4.29. The zero-order valence-electron chi connectivity index (χ0n) is 7.32. The Morgan fingerprint density at radius 2 is 2.42 bits per heavy atom. The summed E-state index contributed by atoms with van der Waals surface area (Å²) in [5.41, 5.74) is 0. The van der Waals surface area contributed by atoms with Crippen LogP contribution in [0.1, 0.15) is 13.8 Å². The van der Waals surface area contributed by atoms with E-state index in [2.05, 4.69) is 24.1 Å². The lowest BCUT2D eigenvalue weighted by Crippen LogP contribution is -2.29.